The zero-order chi connectivity index (χ0) is 13.9. The lowest BCUT2D eigenvalue weighted by Crippen LogP contribution is -2.39. The summed E-state index contributed by atoms with van der Waals surface area (Å²) in [5.41, 5.74) is -0.740. The molecule has 0 radical (unpaired) electrons. The van der Waals surface area contributed by atoms with E-state index in [4.69, 9.17) is 0 Å². The minimum atomic E-state index is -1.22. The van der Waals surface area contributed by atoms with E-state index in [-0.39, 0.29) is 5.78 Å². The van der Waals surface area contributed by atoms with E-state index in [9.17, 15) is 14.7 Å². The van der Waals surface area contributed by atoms with Crippen molar-refractivity contribution in [2.45, 2.75) is 0 Å². The third-order valence-corrected chi connectivity index (χ3v) is 3.33. The fraction of sp³-hybridized carbons (Fsp3) is 0.125. The maximum absolute atomic E-state index is 12.6. The Kier molecular flexibility index (Phi) is 3.47. The summed E-state index contributed by atoms with van der Waals surface area (Å²) in [6.45, 7) is 3.67. The van der Waals surface area contributed by atoms with E-state index in [2.05, 4.69) is 6.58 Å². The zero-order valence-corrected chi connectivity index (χ0v) is 10.3. The predicted molar refractivity (Wildman–Crippen MR) is 72.8 cm³/mol. The number of carbonyl (C=O) groups is 2. The number of hydrogen-bond acceptors (Lipinski definition) is 2. The Morgan fingerprint density at radius 2 is 1.89 bits per heavy atom. The number of allylic oxidation sites excluding steroid dienone is 4. The summed E-state index contributed by atoms with van der Waals surface area (Å²) in [5.74, 6) is -2.22. The number of hydrogen-bond donors (Lipinski definition) is 1. The Hall–Kier alpha value is -2.42. The Labute approximate surface area is 111 Å². The van der Waals surface area contributed by atoms with Crippen molar-refractivity contribution >= 4 is 11.8 Å². The molecule has 0 amide bonds. The van der Waals surface area contributed by atoms with Crippen LogP contribution in [0.15, 0.2) is 67.3 Å². The highest BCUT2D eigenvalue weighted by atomic mass is 16.4. The molecular weight excluding hydrogens is 240 g/mol. The Morgan fingerprint density at radius 1 is 1.21 bits per heavy atom. The Balaban J connectivity index is 2.51. The van der Waals surface area contributed by atoms with E-state index in [1.807, 2.05) is 6.07 Å². The largest absolute Gasteiger partial charge is 0.481 e. The van der Waals surface area contributed by atoms with Gasteiger partial charge in [0.2, 0.25) is 0 Å². The molecule has 2 rings (SSSR count). The molecule has 2 atom stereocenters. The van der Waals surface area contributed by atoms with Crippen LogP contribution in [0, 0.1) is 11.3 Å². The molecule has 0 aromatic heterocycles. The number of carboxylic acid groups (broad SMARTS) is 1. The molecule has 3 heteroatoms. The van der Waals surface area contributed by atoms with Crippen molar-refractivity contribution in [2.24, 2.45) is 11.3 Å². The first-order valence-electron chi connectivity index (χ1n) is 5.94. The van der Waals surface area contributed by atoms with Crippen LogP contribution in [-0.4, -0.2) is 16.9 Å². The number of carboxylic acids is 1. The van der Waals surface area contributed by atoms with Crippen molar-refractivity contribution in [3.05, 3.63) is 72.9 Å². The second-order valence-corrected chi connectivity index (χ2v) is 4.39. The molecule has 0 aliphatic heterocycles. The molecule has 0 spiro atoms. The van der Waals surface area contributed by atoms with E-state index in [0.29, 0.717) is 5.56 Å². The van der Waals surface area contributed by atoms with Crippen molar-refractivity contribution in [2.75, 3.05) is 0 Å². The molecule has 19 heavy (non-hydrogen) atoms. The van der Waals surface area contributed by atoms with E-state index in [0.717, 1.165) is 0 Å². The molecule has 3 nitrogen and oxygen atoms in total. The summed E-state index contributed by atoms with van der Waals surface area (Å²) < 4.78 is 0. The molecule has 1 aliphatic carbocycles. The number of ketones is 1. The lowest BCUT2D eigenvalue weighted by molar-refractivity contribution is -0.141. The highest BCUT2D eigenvalue weighted by Gasteiger charge is 2.44. The summed E-state index contributed by atoms with van der Waals surface area (Å²) in [4.78, 5) is 24.0. The van der Waals surface area contributed by atoms with Crippen LogP contribution < -0.4 is 0 Å². The van der Waals surface area contributed by atoms with E-state index < -0.39 is 17.3 Å². The molecule has 1 aromatic carbocycles. The molecule has 0 fully saturated rings. The van der Waals surface area contributed by atoms with Crippen LogP contribution in [0.25, 0.3) is 0 Å². The van der Waals surface area contributed by atoms with Gasteiger partial charge in [0, 0.05) is 5.56 Å². The zero-order valence-electron chi connectivity index (χ0n) is 10.3. The Bertz CT molecular complexity index is 569. The smallest absolute Gasteiger partial charge is 0.312 e. The van der Waals surface area contributed by atoms with Gasteiger partial charge in [-0.25, -0.2) is 0 Å². The van der Waals surface area contributed by atoms with Gasteiger partial charge in [-0.05, 0) is 0 Å². The minimum Gasteiger partial charge on any atom is -0.481 e. The first-order valence-corrected chi connectivity index (χ1v) is 5.94. The van der Waals surface area contributed by atoms with Gasteiger partial charge < -0.3 is 5.11 Å². The number of carbonyl (C=O) groups excluding carboxylic acids is 1. The molecule has 0 heterocycles. The molecular formula is C16H14O3. The van der Waals surface area contributed by atoms with Crippen molar-refractivity contribution in [3.63, 3.8) is 0 Å². The lowest BCUT2D eigenvalue weighted by atomic mass is 9.68. The number of aliphatic carboxylic acids is 1. The summed E-state index contributed by atoms with van der Waals surface area (Å²) in [6.07, 6.45) is 7.86. The van der Waals surface area contributed by atoms with Crippen LogP contribution in [-0.2, 0) is 4.79 Å². The molecule has 0 saturated heterocycles. The third-order valence-electron chi connectivity index (χ3n) is 3.33. The van der Waals surface area contributed by atoms with Gasteiger partial charge in [0.1, 0.15) is 0 Å². The SMILES string of the molecule is C=CC1(C(=O)c2ccccc2)C=CC=CC1C(=O)O. The van der Waals surface area contributed by atoms with Gasteiger partial charge in [0.15, 0.2) is 5.78 Å². The number of rotatable bonds is 4. The van der Waals surface area contributed by atoms with Crippen LogP contribution >= 0.6 is 0 Å². The predicted octanol–water partition coefficient (Wildman–Crippen LogP) is 2.87. The van der Waals surface area contributed by atoms with Crippen molar-refractivity contribution < 1.29 is 14.7 Å². The van der Waals surface area contributed by atoms with Gasteiger partial charge in [0.25, 0.3) is 0 Å². The minimum absolute atomic E-state index is 0.254. The van der Waals surface area contributed by atoms with E-state index in [1.54, 1.807) is 42.5 Å². The fourth-order valence-electron chi connectivity index (χ4n) is 2.28. The maximum atomic E-state index is 12.6. The monoisotopic (exact) mass is 254 g/mol. The third kappa shape index (κ3) is 2.15. The first-order chi connectivity index (χ1) is 9.12. The average Bonchev–Trinajstić information content (AvgIpc) is 2.47. The maximum Gasteiger partial charge on any atom is 0.312 e. The standard InChI is InChI=1S/C16H14O3/c1-2-16(11-7-6-10-13(16)15(18)19)14(17)12-8-4-3-5-9-12/h2-11,13H,1H2,(H,18,19). The molecule has 0 bridgehead atoms. The first kappa shape index (κ1) is 13.0. The van der Waals surface area contributed by atoms with Gasteiger partial charge in [-0.3, -0.25) is 9.59 Å². The second kappa shape index (κ2) is 5.06. The molecule has 1 N–H and O–H groups in total. The van der Waals surface area contributed by atoms with Gasteiger partial charge in [0.05, 0.1) is 11.3 Å². The van der Waals surface area contributed by atoms with Crippen molar-refractivity contribution in [1.29, 1.82) is 0 Å². The summed E-state index contributed by atoms with van der Waals surface area (Å²) >= 11 is 0. The molecule has 1 aliphatic rings. The highest BCUT2D eigenvalue weighted by molar-refractivity contribution is 6.06. The fourth-order valence-corrected chi connectivity index (χ4v) is 2.28. The van der Waals surface area contributed by atoms with Crippen LogP contribution in [0.2, 0.25) is 0 Å². The van der Waals surface area contributed by atoms with Gasteiger partial charge >= 0.3 is 5.97 Å². The van der Waals surface area contributed by atoms with Crippen molar-refractivity contribution in [3.8, 4) is 0 Å². The highest BCUT2D eigenvalue weighted by Crippen LogP contribution is 2.38. The van der Waals surface area contributed by atoms with Crippen LogP contribution in [0.5, 0.6) is 0 Å². The van der Waals surface area contributed by atoms with Gasteiger partial charge in [-0.15, -0.1) is 6.58 Å². The molecule has 96 valence electrons. The summed E-state index contributed by atoms with van der Waals surface area (Å²) in [6, 6.07) is 8.67. The van der Waals surface area contributed by atoms with Gasteiger partial charge in [-0.2, -0.15) is 0 Å². The van der Waals surface area contributed by atoms with Crippen LogP contribution in [0.4, 0.5) is 0 Å². The van der Waals surface area contributed by atoms with E-state index in [1.165, 1.54) is 12.2 Å². The molecule has 1 aromatic rings. The quantitative estimate of drug-likeness (QED) is 0.664. The van der Waals surface area contributed by atoms with Gasteiger partial charge in [-0.1, -0.05) is 60.7 Å². The topological polar surface area (TPSA) is 54.4 Å². The number of benzene rings is 1. The normalized spacial score (nSPS) is 24.9. The summed E-state index contributed by atoms with van der Waals surface area (Å²) in [5, 5.41) is 9.32. The summed E-state index contributed by atoms with van der Waals surface area (Å²) in [7, 11) is 0. The molecule has 0 saturated carbocycles. The van der Waals surface area contributed by atoms with Crippen LogP contribution in [0.3, 0.4) is 0 Å². The lowest BCUT2D eigenvalue weighted by Gasteiger charge is -2.31. The second-order valence-electron chi connectivity index (χ2n) is 4.39. The van der Waals surface area contributed by atoms with Crippen molar-refractivity contribution in [1.82, 2.24) is 0 Å². The molecule has 2 unspecified atom stereocenters. The van der Waals surface area contributed by atoms with E-state index >= 15 is 0 Å². The Morgan fingerprint density at radius 3 is 2.47 bits per heavy atom. The van der Waals surface area contributed by atoms with Crippen LogP contribution in [0.1, 0.15) is 10.4 Å². The average molecular weight is 254 g/mol. The number of Topliss-reactive ketones (excluding diaryl/α,β-unsaturated/α-hetero) is 1.